The Morgan fingerprint density at radius 3 is 2.62 bits per heavy atom. The van der Waals surface area contributed by atoms with Gasteiger partial charge in [-0.1, -0.05) is 23.8 Å². The van der Waals surface area contributed by atoms with Crippen molar-refractivity contribution in [3.63, 3.8) is 0 Å². The van der Waals surface area contributed by atoms with E-state index in [2.05, 4.69) is 32.0 Å². The summed E-state index contributed by atoms with van der Waals surface area (Å²) in [6.45, 7) is 5.76. The summed E-state index contributed by atoms with van der Waals surface area (Å²) < 4.78 is 0. The Labute approximate surface area is 103 Å². The number of hydrogen-bond acceptors (Lipinski definition) is 2. The largest absolute Gasteiger partial charge is 0.395 e. The van der Waals surface area contributed by atoms with E-state index in [1.54, 1.807) is 0 Å². The highest BCUT2D eigenvalue weighted by atomic mass is 35.5. The predicted octanol–water partition coefficient (Wildman–Crippen LogP) is 2.51. The number of aliphatic hydroxyl groups is 1. The molecule has 0 bridgehead atoms. The van der Waals surface area contributed by atoms with Crippen molar-refractivity contribution in [3.8, 4) is 0 Å². The van der Waals surface area contributed by atoms with Crippen molar-refractivity contribution in [2.45, 2.75) is 19.2 Å². The molecule has 0 saturated heterocycles. The molecule has 0 saturated carbocycles. The van der Waals surface area contributed by atoms with E-state index in [0.717, 1.165) is 6.54 Å². The molecule has 0 radical (unpaired) electrons. The zero-order valence-electron chi connectivity index (χ0n) is 10.2. The molecule has 16 heavy (non-hydrogen) atoms. The number of benzene rings is 1. The van der Waals surface area contributed by atoms with E-state index >= 15 is 0 Å². The number of aryl methyl sites for hydroxylation is 2. The van der Waals surface area contributed by atoms with E-state index in [-0.39, 0.29) is 12.0 Å². The van der Waals surface area contributed by atoms with Crippen LogP contribution in [-0.2, 0) is 0 Å². The Hall–Kier alpha value is -0.570. The first-order valence-corrected chi connectivity index (χ1v) is 5.99. The van der Waals surface area contributed by atoms with Crippen LogP contribution in [0.4, 0.5) is 0 Å². The van der Waals surface area contributed by atoms with E-state index in [1.807, 2.05) is 11.9 Å². The monoisotopic (exact) mass is 241 g/mol. The summed E-state index contributed by atoms with van der Waals surface area (Å²) in [4.78, 5) is 2.04. The van der Waals surface area contributed by atoms with Crippen molar-refractivity contribution in [1.82, 2.24) is 4.90 Å². The molecule has 1 aromatic carbocycles. The van der Waals surface area contributed by atoms with Gasteiger partial charge in [0.15, 0.2) is 0 Å². The Balaban J connectivity index is 2.69. The van der Waals surface area contributed by atoms with Gasteiger partial charge in [0.25, 0.3) is 0 Å². The fourth-order valence-electron chi connectivity index (χ4n) is 1.81. The van der Waals surface area contributed by atoms with Crippen molar-refractivity contribution in [2.24, 2.45) is 0 Å². The first-order chi connectivity index (χ1) is 7.54. The number of aliphatic hydroxyl groups excluding tert-OH is 1. The van der Waals surface area contributed by atoms with Crippen LogP contribution >= 0.6 is 11.6 Å². The quantitative estimate of drug-likeness (QED) is 0.801. The van der Waals surface area contributed by atoms with Gasteiger partial charge in [-0.25, -0.2) is 0 Å². The molecule has 0 aliphatic rings. The van der Waals surface area contributed by atoms with E-state index in [4.69, 9.17) is 16.7 Å². The molecule has 1 atom stereocenters. The summed E-state index contributed by atoms with van der Waals surface area (Å²) in [5.41, 5.74) is 3.67. The molecule has 0 amide bonds. The van der Waals surface area contributed by atoms with Gasteiger partial charge < -0.3 is 10.0 Å². The lowest BCUT2D eigenvalue weighted by Gasteiger charge is -2.20. The Morgan fingerprint density at radius 2 is 2.06 bits per heavy atom. The van der Waals surface area contributed by atoms with Gasteiger partial charge in [0.05, 0.1) is 12.0 Å². The molecule has 2 nitrogen and oxygen atoms in total. The summed E-state index contributed by atoms with van der Waals surface area (Å²) >= 11 is 6.37. The molecule has 0 aliphatic carbocycles. The van der Waals surface area contributed by atoms with Crippen molar-refractivity contribution < 1.29 is 5.11 Å². The molecule has 0 aliphatic heterocycles. The van der Waals surface area contributed by atoms with Gasteiger partial charge in [-0.3, -0.25) is 0 Å². The molecule has 1 unspecified atom stereocenters. The summed E-state index contributed by atoms with van der Waals surface area (Å²) in [6.07, 6.45) is 0. The van der Waals surface area contributed by atoms with E-state index in [9.17, 15) is 0 Å². The maximum atomic E-state index is 8.83. The first-order valence-electron chi connectivity index (χ1n) is 5.55. The molecule has 1 rings (SSSR count). The summed E-state index contributed by atoms with van der Waals surface area (Å²) in [5.74, 6) is 0. The highest BCUT2D eigenvalue weighted by molar-refractivity contribution is 6.21. The van der Waals surface area contributed by atoms with Gasteiger partial charge in [-0.15, -0.1) is 11.6 Å². The van der Waals surface area contributed by atoms with E-state index < -0.39 is 0 Å². The lowest BCUT2D eigenvalue weighted by atomic mass is 10.0. The van der Waals surface area contributed by atoms with Gasteiger partial charge in [0, 0.05) is 13.1 Å². The average molecular weight is 242 g/mol. The smallest absolute Gasteiger partial charge is 0.0714 e. The molecule has 0 spiro atoms. The van der Waals surface area contributed by atoms with E-state index in [1.165, 1.54) is 16.7 Å². The molecule has 0 aromatic heterocycles. The second-order valence-corrected chi connectivity index (χ2v) is 4.84. The molecule has 3 heteroatoms. The Morgan fingerprint density at radius 1 is 1.38 bits per heavy atom. The predicted molar refractivity (Wildman–Crippen MR) is 69.1 cm³/mol. The normalized spacial score (nSPS) is 13.1. The van der Waals surface area contributed by atoms with Crippen molar-refractivity contribution in [1.29, 1.82) is 0 Å². The van der Waals surface area contributed by atoms with E-state index in [0.29, 0.717) is 6.54 Å². The maximum Gasteiger partial charge on any atom is 0.0714 e. The zero-order chi connectivity index (χ0) is 12.1. The molecule has 0 fully saturated rings. The SMILES string of the molecule is Cc1ccc(C(Cl)CN(C)CCO)c(C)c1. The summed E-state index contributed by atoms with van der Waals surface area (Å²) in [6, 6.07) is 6.33. The van der Waals surface area contributed by atoms with Crippen LogP contribution in [0.1, 0.15) is 22.1 Å². The van der Waals surface area contributed by atoms with Crippen LogP contribution in [0.3, 0.4) is 0 Å². The number of rotatable bonds is 5. The Kier molecular flexibility index (Phi) is 5.26. The van der Waals surface area contributed by atoms with Gasteiger partial charge in [0.2, 0.25) is 0 Å². The first kappa shape index (κ1) is 13.5. The molecule has 1 N–H and O–H groups in total. The lowest BCUT2D eigenvalue weighted by molar-refractivity contribution is 0.221. The fourth-order valence-corrected chi connectivity index (χ4v) is 2.29. The Bertz CT molecular complexity index is 341. The third-order valence-corrected chi connectivity index (χ3v) is 3.09. The minimum Gasteiger partial charge on any atom is -0.395 e. The highest BCUT2D eigenvalue weighted by Crippen LogP contribution is 2.25. The van der Waals surface area contributed by atoms with Crippen LogP contribution in [0.5, 0.6) is 0 Å². The van der Waals surface area contributed by atoms with Crippen molar-refractivity contribution >= 4 is 11.6 Å². The van der Waals surface area contributed by atoms with Gasteiger partial charge in [0.1, 0.15) is 0 Å². The number of halogens is 1. The van der Waals surface area contributed by atoms with Crippen LogP contribution in [0.25, 0.3) is 0 Å². The van der Waals surface area contributed by atoms with Crippen LogP contribution in [0.2, 0.25) is 0 Å². The molecular weight excluding hydrogens is 222 g/mol. The van der Waals surface area contributed by atoms with Gasteiger partial charge in [-0.2, -0.15) is 0 Å². The number of hydrogen-bond donors (Lipinski definition) is 1. The number of likely N-dealkylation sites (N-methyl/N-ethyl adjacent to an activating group) is 1. The standard InChI is InChI=1S/C13H20ClNO/c1-10-4-5-12(11(2)8-10)13(14)9-15(3)6-7-16/h4-5,8,13,16H,6-7,9H2,1-3H3. The van der Waals surface area contributed by atoms with Crippen molar-refractivity contribution in [2.75, 3.05) is 26.7 Å². The van der Waals surface area contributed by atoms with Gasteiger partial charge >= 0.3 is 0 Å². The molecular formula is C13H20ClNO. The van der Waals surface area contributed by atoms with Gasteiger partial charge in [-0.05, 0) is 32.0 Å². The van der Waals surface area contributed by atoms with Crippen LogP contribution < -0.4 is 0 Å². The van der Waals surface area contributed by atoms with Crippen LogP contribution in [-0.4, -0.2) is 36.8 Å². The second kappa shape index (κ2) is 6.24. The maximum absolute atomic E-state index is 8.83. The minimum absolute atomic E-state index is 0.0165. The molecule has 1 aromatic rings. The zero-order valence-corrected chi connectivity index (χ0v) is 11.0. The number of alkyl halides is 1. The van der Waals surface area contributed by atoms with Crippen molar-refractivity contribution in [3.05, 3.63) is 34.9 Å². The second-order valence-electron chi connectivity index (χ2n) is 4.31. The minimum atomic E-state index is -0.0165. The topological polar surface area (TPSA) is 23.5 Å². The number of nitrogens with zero attached hydrogens (tertiary/aromatic N) is 1. The average Bonchev–Trinajstić information content (AvgIpc) is 2.17. The lowest BCUT2D eigenvalue weighted by Crippen LogP contribution is -2.26. The highest BCUT2D eigenvalue weighted by Gasteiger charge is 2.12. The molecule has 0 heterocycles. The molecule has 90 valence electrons. The van der Waals surface area contributed by atoms with Crippen LogP contribution in [0.15, 0.2) is 18.2 Å². The summed E-state index contributed by atoms with van der Waals surface area (Å²) in [5, 5.41) is 8.81. The summed E-state index contributed by atoms with van der Waals surface area (Å²) in [7, 11) is 1.97. The van der Waals surface area contributed by atoms with Crippen LogP contribution in [0, 0.1) is 13.8 Å². The third-order valence-electron chi connectivity index (χ3n) is 2.72. The fraction of sp³-hybridized carbons (Fsp3) is 0.538. The third kappa shape index (κ3) is 3.78.